The quantitative estimate of drug-likeness (QED) is 0.900. The number of hydrogen-bond acceptors (Lipinski definition) is 3. The molecule has 3 rings (SSSR count). The number of nitrogens with two attached hydrogens (primary N) is 1. The Morgan fingerprint density at radius 3 is 2.65 bits per heavy atom. The molecule has 4 heteroatoms. The van der Waals surface area contributed by atoms with Crippen LogP contribution in [-0.4, -0.2) is 47.4 Å². The summed E-state index contributed by atoms with van der Waals surface area (Å²) in [4.78, 5) is 16.5. The zero-order valence-electron chi connectivity index (χ0n) is 11.9. The van der Waals surface area contributed by atoms with Crippen LogP contribution in [0.5, 0.6) is 0 Å². The molecule has 0 aliphatic carbocycles. The third-order valence-electron chi connectivity index (χ3n) is 4.45. The van der Waals surface area contributed by atoms with Crippen molar-refractivity contribution in [1.29, 1.82) is 0 Å². The van der Waals surface area contributed by atoms with E-state index in [1.807, 2.05) is 11.0 Å². The molecule has 0 bridgehead atoms. The summed E-state index contributed by atoms with van der Waals surface area (Å²) in [7, 11) is 0. The Labute approximate surface area is 120 Å². The Morgan fingerprint density at radius 2 is 1.95 bits per heavy atom. The second kappa shape index (κ2) is 5.94. The predicted octanol–water partition coefficient (Wildman–Crippen LogP) is 1.21. The van der Waals surface area contributed by atoms with Gasteiger partial charge in [-0.15, -0.1) is 0 Å². The highest BCUT2D eigenvalue weighted by Gasteiger charge is 2.35. The maximum absolute atomic E-state index is 12.1. The van der Waals surface area contributed by atoms with Crippen molar-refractivity contribution in [2.75, 3.05) is 19.6 Å². The molecule has 2 saturated heterocycles. The molecule has 1 aromatic carbocycles. The molecule has 0 aromatic heterocycles. The van der Waals surface area contributed by atoms with Gasteiger partial charge in [-0.3, -0.25) is 9.69 Å². The lowest BCUT2D eigenvalue weighted by molar-refractivity contribution is -0.131. The molecule has 2 N–H and O–H groups in total. The van der Waals surface area contributed by atoms with Crippen LogP contribution in [0.2, 0.25) is 0 Å². The maximum Gasteiger partial charge on any atom is 0.239 e. The van der Waals surface area contributed by atoms with E-state index in [0.29, 0.717) is 6.04 Å². The minimum absolute atomic E-state index is 0.150. The number of piperidine rings is 1. The lowest BCUT2D eigenvalue weighted by atomic mass is 10.0. The van der Waals surface area contributed by atoms with Crippen LogP contribution < -0.4 is 5.73 Å². The molecule has 1 amide bonds. The Kier molecular flexibility index (Phi) is 4.03. The van der Waals surface area contributed by atoms with Crippen LogP contribution in [0.4, 0.5) is 0 Å². The summed E-state index contributed by atoms with van der Waals surface area (Å²) < 4.78 is 0. The van der Waals surface area contributed by atoms with Crippen molar-refractivity contribution in [1.82, 2.24) is 9.80 Å². The fraction of sp³-hybridized carbons (Fsp3) is 0.562. The number of carbonyl (C=O) groups excluding carboxylic acids is 1. The number of rotatable bonds is 3. The molecule has 2 fully saturated rings. The molecule has 1 aromatic rings. The first kappa shape index (κ1) is 13.6. The van der Waals surface area contributed by atoms with Crippen LogP contribution in [-0.2, 0) is 11.3 Å². The fourth-order valence-electron chi connectivity index (χ4n) is 3.36. The number of benzene rings is 1. The minimum atomic E-state index is -0.264. The topological polar surface area (TPSA) is 49.6 Å². The number of amides is 1. The van der Waals surface area contributed by atoms with Crippen LogP contribution >= 0.6 is 0 Å². The monoisotopic (exact) mass is 273 g/mol. The van der Waals surface area contributed by atoms with E-state index in [2.05, 4.69) is 29.2 Å². The average molecular weight is 273 g/mol. The highest BCUT2D eigenvalue weighted by atomic mass is 16.2. The number of carbonyl (C=O) groups is 1. The van der Waals surface area contributed by atoms with Gasteiger partial charge in [0.05, 0.1) is 6.04 Å². The van der Waals surface area contributed by atoms with Gasteiger partial charge in [0.2, 0.25) is 5.91 Å². The number of likely N-dealkylation sites (tertiary alicyclic amines) is 2. The van der Waals surface area contributed by atoms with Crippen molar-refractivity contribution < 1.29 is 4.79 Å². The Bertz CT molecular complexity index is 462. The largest absolute Gasteiger partial charge is 0.337 e. The van der Waals surface area contributed by atoms with Crippen molar-refractivity contribution in [3.05, 3.63) is 35.9 Å². The van der Waals surface area contributed by atoms with Gasteiger partial charge in [-0.25, -0.2) is 0 Å². The van der Waals surface area contributed by atoms with E-state index < -0.39 is 0 Å². The molecule has 20 heavy (non-hydrogen) atoms. The standard InChI is InChI=1S/C16H23N3O/c17-15-8-10-19(16(15)20)14-7-4-9-18(12-14)11-13-5-2-1-3-6-13/h1-3,5-6,14-15H,4,7-12,17H2. The van der Waals surface area contributed by atoms with Gasteiger partial charge in [0.15, 0.2) is 0 Å². The van der Waals surface area contributed by atoms with Crippen LogP contribution in [0.1, 0.15) is 24.8 Å². The third kappa shape index (κ3) is 2.86. The number of hydrogen-bond donors (Lipinski definition) is 1. The van der Waals surface area contributed by atoms with Crippen molar-refractivity contribution >= 4 is 5.91 Å². The van der Waals surface area contributed by atoms with Crippen molar-refractivity contribution in [2.45, 2.75) is 37.9 Å². The molecular weight excluding hydrogens is 250 g/mol. The normalized spacial score (nSPS) is 28.1. The second-order valence-corrected chi connectivity index (χ2v) is 5.94. The van der Waals surface area contributed by atoms with E-state index in [0.717, 1.165) is 45.4 Å². The first-order valence-corrected chi connectivity index (χ1v) is 7.56. The summed E-state index contributed by atoms with van der Waals surface area (Å²) in [6.07, 6.45) is 3.09. The molecule has 2 atom stereocenters. The Hall–Kier alpha value is -1.39. The number of nitrogens with zero attached hydrogens (tertiary/aromatic N) is 2. The van der Waals surface area contributed by atoms with E-state index in [-0.39, 0.29) is 11.9 Å². The summed E-state index contributed by atoms with van der Waals surface area (Å²) in [5, 5.41) is 0. The summed E-state index contributed by atoms with van der Waals surface area (Å²) in [5.41, 5.74) is 7.17. The van der Waals surface area contributed by atoms with Gasteiger partial charge in [0, 0.05) is 25.7 Å². The second-order valence-electron chi connectivity index (χ2n) is 5.94. The van der Waals surface area contributed by atoms with Crippen molar-refractivity contribution in [3.63, 3.8) is 0 Å². The SMILES string of the molecule is NC1CCN(C2CCCN(Cc3ccccc3)C2)C1=O. The molecule has 0 saturated carbocycles. The lowest BCUT2D eigenvalue weighted by Gasteiger charge is -2.37. The van der Waals surface area contributed by atoms with E-state index in [4.69, 9.17) is 5.73 Å². The summed E-state index contributed by atoms with van der Waals surface area (Å²) in [6, 6.07) is 10.6. The summed E-state index contributed by atoms with van der Waals surface area (Å²) in [5.74, 6) is 0.150. The van der Waals surface area contributed by atoms with Gasteiger partial charge >= 0.3 is 0 Å². The van der Waals surface area contributed by atoms with Gasteiger partial charge in [-0.1, -0.05) is 30.3 Å². The van der Waals surface area contributed by atoms with E-state index in [1.165, 1.54) is 5.56 Å². The van der Waals surface area contributed by atoms with E-state index in [9.17, 15) is 4.79 Å². The van der Waals surface area contributed by atoms with Crippen molar-refractivity contribution in [3.8, 4) is 0 Å². The molecule has 2 unspecified atom stereocenters. The van der Waals surface area contributed by atoms with E-state index in [1.54, 1.807) is 0 Å². The van der Waals surface area contributed by atoms with Crippen LogP contribution in [0.25, 0.3) is 0 Å². The van der Waals surface area contributed by atoms with Crippen LogP contribution in [0.15, 0.2) is 30.3 Å². The minimum Gasteiger partial charge on any atom is -0.337 e. The Balaban J connectivity index is 1.61. The van der Waals surface area contributed by atoms with Gasteiger partial charge < -0.3 is 10.6 Å². The van der Waals surface area contributed by atoms with Gasteiger partial charge in [0.1, 0.15) is 0 Å². The smallest absolute Gasteiger partial charge is 0.239 e. The molecule has 108 valence electrons. The first-order chi connectivity index (χ1) is 9.74. The van der Waals surface area contributed by atoms with Gasteiger partial charge in [-0.05, 0) is 31.4 Å². The molecule has 2 heterocycles. The average Bonchev–Trinajstić information content (AvgIpc) is 2.80. The molecule has 2 aliphatic heterocycles. The lowest BCUT2D eigenvalue weighted by Crippen LogP contribution is -2.49. The van der Waals surface area contributed by atoms with Crippen LogP contribution in [0.3, 0.4) is 0 Å². The summed E-state index contributed by atoms with van der Waals surface area (Å²) in [6.45, 7) is 3.92. The zero-order chi connectivity index (χ0) is 13.9. The fourth-order valence-corrected chi connectivity index (χ4v) is 3.36. The Morgan fingerprint density at radius 1 is 1.15 bits per heavy atom. The maximum atomic E-state index is 12.1. The summed E-state index contributed by atoms with van der Waals surface area (Å²) >= 11 is 0. The third-order valence-corrected chi connectivity index (χ3v) is 4.45. The molecule has 4 nitrogen and oxygen atoms in total. The molecule has 0 spiro atoms. The molecule has 2 aliphatic rings. The van der Waals surface area contributed by atoms with Crippen LogP contribution in [0, 0.1) is 0 Å². The molecular formula is C16H23N3O. The predicted molar refractivity (Wildman–Crippen MR) is 79.0 cm³/mol. The van der Waals surface area contributed by atoms with Gasteiger partial charge in [0.25, 0.3) is 0 Å². The van der Waals surface area contributed by atoms with E-state index >= 15 is 0 Å². The highest BCUT2D eigenvalue weighted by Crippen LogP contribution is 2.22. The first-order valence-electron chi connectivity index (χ1n) is 7.56. The zero-order valence-corrected chi connectivity index (χ0v) is 11.9. The van der Waals surface area contributed by atoms with Crippen molar-refractivity contribution in [2.24, 2.45) is 5.73 Å². The molecule has 0 radical (unpaired) electrons. The van der Waals surface area contributed by atoms with Gasteiger partial charge in [-0.2, -0.15) is 0 Å². The highest BCUT2D eigenvalue weighted by molar-refractivity contribution is 5.84.